The lowest BCUT2D eigenvalue weighted by Crippen LogP contribution is -2.11. The quantitative estimate of drug-likeness (QED) is 0.551. The van der Waals surface area contributed by atoms with Crippen LogP contribution in [0.2, 0.25) is 5.02 Å². The van der Waals surface area contributed by atoms with Crippen LogP contribution in [0, 0.1) is 11.2 Å². The summed E-state index contributed by atoms with van der Waals surface area (Å²) in [4.78, 5) is 4.05. The summed E-state index contributed by atoms with van der Waals surface area (Å²) in [5.41, 5.74) is 9.87. The minimum atomic E-state index is -0.544. The van der Waals surface area contributed by atoms with Crippen molar-refractivity contribution in [2.45, 2.75) is 13.0 Å². The van der Waals surface area contributed by atoms with Crippen LogP contribution in [0.5, 0.6) is 5.75 Å². The van der Waals surface area contributed by atoms with Gasteiger partial charge in [0.05, 0.1) is 0 Å². The monoisotopic (exact) mass is 349 g/mol. The molecule has 1 atom stereocenters. The highest BCUT2D eigenvalue weighted by Crippen LogP contribution is 2.30. The fourth-order valence-corrected chi connectivity index (χ4v) is 2.34. The number of aromatic nitrogens is 1. The topological polar surface area (TPSA) is 96.4 Å². The Bertz CT molecular complexity index is 781. The second-order valence-corrected chi connectivity index (χ2v) is 5.31. The van der Waals surface area contributed by atoms with Crippen molar-refractivity contribution in [1.82, 2.24) is 10.4 Å². The van der Waals surface area contributed by atoms with Crippen LogP contribution in [0.3, 0.4) is 0 Å². The van der Waals surface area contributed by atoms with Crippen molar-refractivity contribution in [3.05, 3.63) is 52.4 Å². The minimum Gasteiger partial charge on any atom is -0.482 e. The van der Waals surface area contributed by atoms with E-state index in [0.29, 0.717) is 27.6 Å². The Labute approximate surface area is 144 Å². The van der Waals surface area contributed by atoms with Gasteiger partial charge in [-0.3, -0.25) is 0 Å². The lowest BCUT2D eigenvalue weighted by atomic mass is 10.1. The molecule has 0 aliphatic heterocycles. The van der Waals surface area contributed by atoms with Crippen LogP contribution in [0.1, 0.15) is 24.2 Å². The Kier molecular flexibility index (Phi) is 5.70. The minimum absolute atomic E-state index is 0.173. The molecule has 0 radical (unpaired) electrons. The summed E-state index contributed by atoms with van der Waals surface area (Å²) in [6, 6.07) is 5.68. The average molecular weight is 350 g/mol. The number of hydrazone groups is 1. The van der Waals surface area contributed by atoms with Gasteiger partial charge in [0, 0.05) is 35.6 Å². The molecule has 2 aromatic rings. The van der Waals surface area contributed by atoms with E-state index in [2.05, 4.69) is 15.5 Å². The maximum Gasteiger partial charge on any atom is 0.166 e. The molecule has 1 heterocycles. The summed E-state index contributed by atoms with van der Waals surface area (Å²) in [7, 11) is 1.62. The third kappa shape index (κ3) is 3.99. The number of nitrogens with zero attached hydrogens (tertiary/aromatic N) is 2. The highest BCUT2D eigenvalue weighted by atomic mass is 35.5. The van der Waals surface area contributed by atoms with Gasteiger partial charge in [-0.1, -0.05) is 11.6 Å². The van der Waals surface area contributed by atoms with Gasteiger partial charge in [0.2, 0.25) is 0 Å². The molecule has 8 heteroatoms. The van der Waals surface area contributed by atoms with Crippen molar-refractivity contribution in [1.29, 1.82) is 5.41 Å². The van der Waals surface area contributed by atoms with E-state index in [0.717, 1.165) is 6.21 Å². The molecular weight excluding hydrogens is 333 g/mol. The summed E-state index contributed by atoms with van der Waals surface area (Å²) >= 11 is 6.09. The Morgan fingerprint density at radius 3 is 2.92 bits per heavy atom. The zero-order valence-corrected chi connectivity index (χ0v) is 13.9. The number of ether oxygens (including phenoxy) is 1. The normalized spacial score (nSPS) is 12.6. The number of pyridine rings is 1. The predicted octanol–water partition coefficient (Wildman–Crippen LogP) is 3.17. The molecule has 126 valence electrons. The fraction of sp³-hybridized carbons (Fsp3) is 0.188. The summed E-state index contributed by atoms with van der Waals surface area (Å²) < 4.78 is 19.2. The number of nitrogens with two attached hydrogens (primary N) is 1. The van der Waals surface area contributed by atoms with Crippen molar-refractivity contribution in [2.24, 2.45) is 5.10 Å². The highest BCUT2D eigenvalue weighted by molar-refractivity contribution is 6.37. The van der Waals surface area contributed by atoms with Gasteiger partial charge in [0.1, 0.15) is 17.6 Å². The van der Waals surface area contributed by atoms with Crippen LogP contribution in [0.4, 0.5) is 10.2 Å². The lowest BCUT2D eigenvalue weighted by molar-refractivity contribution is 0.227. The molecule has 1 unspecified atom stereocenters. The van der Waals surface area contributed by atoms with E-state index < -0.39 is 11.9 Å². The van der Waals surface area contributed by atoms with Crippen molar-refractivity contribution in [2.75, 3.05) is 12.8 Å². The van der Waals surface area contributed by atoms with Gasteiger partial charge < -0.3 is 21.3 Å². The van der Waals surface area contributed by atoms with Crippen LogP contribution in [-0.4, -0.2) is 24.0 Å². The van der Waals surface area contributed by atoms with Gasteiger partial charge in [0.25, 0.3) is 0 Å². The van der Waals surface area contributed by atoms with E-state index in [-0.39, 0.29) is 5.82 Å². The van der Waals surface area contributed by atoms with E-state index in [1.54, 1.807) is 20.0 Å². The summed E-state index contributed by atoms with van der Waals surface area (Å²) in [6.45, 7) is 1.73. The SMILES string of the molecule is CN/N=C(\C=N)c1cnc(N)c(OC(C)c2cc(F)ccc2Cl)c1. The Morgan fingerprint density at radius 1 is 1.50 bits per heavy atom. The molecular formula is C16H17ClFN5O. The first-order chi connectivity index (χ1) is 11.5. The first kappa shape index (κ1) is 17.7. The summed E-state index contributed by atoms with van der Waals surface area (Å²) in [5.74, 6) is 0.0647. The third-order valence-corrected chi connectivity index (χ3v) is 3.59. The molecule has 4 N–H and O–H groups in total. The molecule has 0 aliphatic rings. The molecule has 0 fully saturated rings. The van der Waals surface area contributed by atoms with Crippen molar-refractivity contribution in [3.8, 4) is 5.75 Å². The molecule has 2 rings (SSSR count). The van der Waals surface area contributed by atoms with Crippen LogP contribution in [-0.2, 0) is 0 Å². The lowest BCUT2D eigenvalue weighted by Gasteiger charge is -2.18. The number of anilines is 1. The Hall–Kier alpha value is -2.67. The van der Waals surface area contributed by atoms with Crippen LogP contribution >= 0.6 is 11.6 Å². The predicted molar refractivity (Wildman–Crippen MR) is 93.5 cm³/mol. The molecule has 0 saturated heterocycles. The molecule has 0 spiro atoms. The maximum atomic E-state index is 13.4. The number of halogens is 2. The zero-order chi connectivity index (χ0) is 17.7. The van der Waals surface area contributed by atoms with Gasteiger partial charge in [-0.2, -0.15) is 5.10 Å². The van der Waals surface area contributed by atoms with Crippen molar-refractivity contribution in [3.63, 3.8) is 0 Å². The van der Waals surface area contributed by atoms with E-state index in [1.807, 2.05) is 0 Å². The number of rotatable bonds is 6. The van der Waals surface area contributed by atoms with Gasteiger partial charge in [0.15, 0.2) is 11.6 Å². The number of hydrogen-bond donors (Lipinski definition) is 3. The molecule has 0 bridgehead atoms. The Morgan fingerprint density at radius 2 is 2.25 bits per heavy atom. The van der Waals surface area contributed by atoms with E-state index in [4.69, 9.17) is 27.5 Å². The first-order valence-corrected chi connectivity index (χ1v) is 7.46. The van der Waals surface area contributed by atoms with E-state index in [1.165, 1.54) is 24.4 Å². The largest absolute Gasteiger partial charge is 0.482 e. The maximum absolute atomic E-state index is 13.4. The van der Waals surface area contributed by atoms with Crippen molar-refractivity contribution < 1.29 is 9.13 Å². The first-order valence-electron chi connectivity index (χ1n) is 7.08. The summed E-state index contributed by atoms with van der Waals surface area (Å²) in [5, 5.41) is 11.8. The number of nitrogen functional groups attached to an aromatic ring is 1. The number of benzene rings is 1. The second kappa shape index (κ2) is 7.74. The average Bonchev–Trinajstić information content (AvgIpc) is 2.57. The van der Waals surface area contributed by atoms with Gasteiger partial charge in [-0.05, 0) is 31.2 Å². The number of hydrogen-bond acceptors (Lipinski definition) is 6. The van der Waals surface area contributed by atoms with Crippen molar-refractivity contribution >= 4 is 29.3 Å². The van der Waals surface area contributed by atoms with Crippen LogP contribution < -0.4 is 15.9 Å². The van der Waals surface area contributed by atoms with E-state index >= 15 is 0 Å². The van der Waals surface area contributed by atoms with Gasteiger partial charge in [-0.25, -0.2) is 9.37 Å². The highest BCUT2D eigenvalue weighted by Gasteiger charge is 2.15. The van der Waals surface area contributed by atoms with E-state index in [9.17, 15) is 4.39 Å². The smallest absolute Gasteiger partial charge is 0.166 e. The molecule has 0 aliphatic carbocycles. The third-order valence-electron chi connectivity index (χ3n) is 3.25. The number of nitrogens with one attached hydrogen (secondary N) is 2. The molecule has 1 aromatic heterocycles. The standard InChI is InChI=1S/C16H17ClFN5O/c1-9(12-6-11(18)3-4-13(12)17)24-15-5-10(8-22-16(15)20)14(7-19)23-21-2/h3-9,19,21H,1-2H3,(H2,20,22)/b19-7?,23-14+. The molecule has 6 nitrogen and oxygen atoms in total. The molecule has 0 amide bonds. The summed E-state index contributed by atoms with van der Waals surface area (Å²) in [6.07, 6.45) is 2.03. The molecule has 0 saturated carbocycles. The Balaban J connectivity index is 2.33. The molecule has 1 aromatic carbocycles. The second-order valence-electron chi connectivity index (χ2n) is 4.90. The zero-order valence-electron chi connectivity index (χ0n) is 13.2. The van der Waals surface area contributed by atoms with Crippen LogP contribution in [0.25, 0.3) is 0 Å². The fourth-order valence-electron chi connectivity index (χ4n) is 2.07. The van der Waals surface area contributed by atoms with Gasteiger partial charge in [-0.15, -0.1) is 0 Å². The van der Waals surface area contributed by atoms with Gasteiger partial charge >= 0.3 is 0 Å². The van der Waals surface area contributed by atoms with Crippen LogP contribution in [0.15, 0.2) is 35.6 Å². The molecule has 24 heavy (non-hydrogen) atoms.